The number of nitrogens with zero attached hydrogens (tertiary/aromatic N) is 3. The number of hydrogen-bond donors (Lipinski definition) is 0. The molecular weight excluding hydrogens is 1020 g/mol. The standard InChI is InChI=1S/3C11H8N.3Ir/c3*1-2-6-10(7-3-1)11-8-4-5-9-12-11;;;/h3*1-6,8-9H;;;/q3*-1;;;. The van der Waals surface area contributed by atoms with Crippen molar-refractivity contribution in [2.24, 2.45) is 0 Å². The third-order valence-electron chi connectivity index (χ3n) is 4.95. The van der Waals surface area contributed by atoms with Gasteiger partial charge in [0.05, 0.1) is 0 Å². The number of rotatable bonds is 3. The van der Waals surface area contributed by atoms with Crippen molar-refractivity contribution in [2.75, 3.05) is 0 Å². The zero-order chi connectivity index (χ0) is 24.7. The third kappa shape index (κ3) is 11.8. The summed E-state index contributed by atoms with van der Waals surface area (Å²) in [5.74, 6) is 0. The van der Waals surface area contributed by atoms with E-state index in [9.17, 15) is 0 Å². The fraction of sp³-hybridized carbons (Fsp3) is 0. The van der Waals surface area contributed by atoms with Gasteiger partial charge in [-0.15, -0.1) is 108 Å². The first-order chi connectivity index (χ1) is 17.9. The van der Waals surface area contributed by atoms with Crippen molar-refractivity contribution in [3.8, 4) is 33.8 Å². The van der Waals surface area contributed by atoms with Gasteiger partial charge in [-0.3, -0.25) is 0 Å². The van der Waals surface area contributed by atoms with Crippen LogP contribution in [0.3, 0.4) is 0 Å². The molecule has 0 aliphatic rings. The summed E-state index contributed by atoms with van der Waals surface area (Å²) in [6, 6.07) is 50.5. The molecule has 0 spiro atoms. The first kappa shape index (κ1) is 34.1. The van der Waals surface area contributed by atoms with Crippen LogP contribution in [0, 0.1) is 18.2 Å². The number of pyridine rings is 3. The van der Waals surface area contributed by atoms with Crippen LogP contribution >= 0.6 is 0 Å². The van der Waals surface area contributed by atoms with Gasteiger partial charge in [-0.2, -0.15) is 0 Å². The van der Waals surface area contributed by atoms with Crippen molar-refractivity contribution in [1.29, 1.82) is 0 Å². The zero-order valence-electron chi connectivity index (χ0n) is 20.7. The van der Waals surface area contributed by atoms with Crippen LogP contribution < -0.4 is 0 Å². The van der Waals surface area contributed by atoms with E-state index in [1.54, 1.807) is 18.6 Å². The summed E-state index contributed by atoms with van der Waals surface area (Å²) in [5.41, 5.74) is 6.03. The molecule has 3 aromatic heterocycles. The van der Waals surface area contributed by atoms with Crippen molar-refractivity contribution in [1.82, 2.24) is 15.0 Å². The molecule has 0 saturated heterocycles. The Morgan fingerprint density at radius 1 is 0.333 bits per heavy atom. The second kappa shape index (κ2) is 20.0. The van der Waals surface area contributed by atoms with Gasteiger partial charge in [0.1, 0.15) is 0 Å². The van der Waals surface area contributed by atoms with Crippen molar-refractivity contribution in [2.45, 2.75) is 0 Å². The summed E-state index contributed by atoms with van der Waals surface area (Å²) < 4.78 is 0. The molecule has 0 N–H and O–H groups in total. The van der Waals surface area contributed by atoms with Gasteiger partial charge in [-0.1, -0.05) is 36.4 Å². The summed E-state index contributed by atoms with van der Waals surface area (Å²) in [5, 5.41) is 0. The minimum atomic E-state index is 0. The predicted octanol–water partition coefficient (Wildman–Crippen LogP) is 7.64. The Kier molecular flexibility index (Phi) is 17.5. The molecule has 0 aliphatic carbocycles. The van der Waals surface area contributed by atoms with E-state index < -0.39 is 0 Å². The first-order valence-electron chi connectivity index (χ1n) is 11.5. The van der Waals surface area contributed by atoms with Gasteiger partial charge in [0.15, 0.2) is 0 Å². The summed E-state index contributed by atoms with van der Waals surface area (Å²) in [4.78, 5) is 12.7. The average molecular weight is 1040 g/mol. The van der Waals surface area contributed by atoms with E-state index >= 15 is 0 Å². The van der Waals surface area contributed by atoms with Crippen molar-refractivity contribution in [3.63, 3.8) is 0 Å². The summed E-state index contributed by atoms with van der Waals surface area (Å²) in [6.45, 7) is 0. The molecule has 6 rings (SSSR count). The maximum atomic E-state index is 4.22. The fourth-order valence-electron chi connectivity index (χ4n) is 3.22. The minimum absolute atomic E-state index is 0. The van der Waals surface area contributed by atoms with Crippen LogP contribution in [0.15, 0.2) is 146 Å². The molecule has 0 bridgehead atoms. The number of benzene rings is 3. The van der Waals surface area contributed by atoms with Crippen molar-refractivity contribution >= 4 is 0 Å². The molecule has 0 atom stereocenters. The quantitative estimate of drug-likeness (QED) is 0.171. The smallest absolute Gasteiger partial charge is 0.0160 e. The summed E-state index contributed by atoms with van der Waals surface area (Å²) in [7, 11) is 0. The van der Waals surface area contributed by atoms with Gasteiger partial charge in [-0.25, -0.2) is 0 Å². The van der Waals surface area contributed by atoms with E-state index in [4.69, 9.17) is 0 Å². The van der Waals surface area contributed by atoms with Crippen LogP contribution in [-0.4, -0.2) is 15.0 Å². The average Bonchev–Trinajstić information content (AvgIpc) is 3.01. The minimum Gasteiger partial charge on any atom is -0.305 e. The molecule has 3 heterocycles. The van der Waals surface area contributed by atoms with Crippen LogP contribution in [0.25, 0.3) is 33.8 Å². The van der Waals surface area contributed by atoms with Crippen molar-refractivity contribution in [3.05, 3.63) is 164 Å². The maximum Gasteiger partial charge on any atom is 0.0160 e. The van der Waals surface area contributed by atoms with Crippen LogP contribution in [0.4, 0.5) is 0 Å². The Morgan fingerprint density at radius 3 is 0.821 bits per heavy atom. The number of aromatic nitrogens is 3. The first-order valence-corrected chi connectivity index (χ1v) is 11.5. The molecule has 0 saturated carbocycles. The Labute approximate surface area is 271 Å². The number of hydrogen-bond acceptors (Lipinski definition) is 3. The Balaban J connectivity index is 0.000000282. The van der Waals surface area contributed by atoms with E-state index in [1.807, 2.05) is 127 Å². The van der Waals surface area contributed by atoms with Crippen LogP contribution in [-0.2, 0) is 60.3 Å². The molecule has 0 fully saturated rings. The molecule has 6 heteroatoms. The second-order valence-corrected chi connectivity index (χ2v) is 7.47. The Bertz CT molecular complexity index is 1100. The maximum absolute atomic E-state index is 4.22. The molecule has 39 heavy (non-hydrogen) atoms. The van der Waals surface area contributed by atoms with E-state index in [2.05, 4.69) is 33.2 Å². The van der Waals surface area contributed by atoms with Crippen LogP contribution in [0.1, 0.15) is 0 Å². The van der Waals surface area contributed by atoms with Gasteiger partial charge in [0.2, 0.25) is 0 Å². The SMILES string of the molecule is [Ir].[Ir].[Ir].[c-]1ccccc1-c1ccccn1.[c-]1ccccc1-c1ccccn1.[c-]1ccccc1-c1ccccn1. The molecule has 6 aromatic rings. The van der Waals surface area contributed by atoms with Gasteiger partial charge in [0.25, 0.3) is 0 Å². The Morgan fingerprint density at radius 2 is 0.615 bits per heavy atom. The molecule has 3 nitrogen and oxygen atoms in total. The van der Waals surface area contributed by atoms with Crippen molar-refractivity contribution < 1.29 is 60.3 Å². The summed E-state index contributed by atoms with van der Waals surface area (Å²) in [6.07, 6.45) is 5.36. The molecule has 3 aromatic carbocycles. The van der Waals surface area contributed by atoms with E-state index in [-0.39, 0.29) is 60.3 Å². The molecule has 0 amide bonds. The molecule has 0 unspecified atom stereocenters. The fourth-order valence-corrected chi connectivity index (χ4v) is 3.22. The normalized spacial score (nSPS) is 8.92. The largest absolute Gasteiger partial charge is 0.305 e. The van der Waals surface area contributed by atoms with Gasteiger partial charge in [0, 0.05) is 78.9 Å². The van der Waals surface area contributed by atoms with Gasteiger partial charge >= 0.3 is 0 Å². The van der Waals surface area contributed by atoms with Gasteiger partial charge in [-0.05, 0) is 35.3 Å². The summed E-state index contributed by atoms with van der Waals surface area (Å²) >= 11 is 0. The van der Waals surface area contributed by atoms with Crippen LogP contribution in [0.5, 0.6) is 0 Å². The van der Waals surface area contributed by atoms with Gasteiger partial charge < -0.3 is 15.0 Å². The molecule has 0 aliphatic heterocycles. The molecule has 201 valence electrons. The monoisotopic (exact) mass is 1040 g/mol. The van der Waals surface area contributed by atoms with E-state index in [1.165, 1.54) is 0 Å². The van der Waals surface area contributed by atoms with E-state index in [0.29, 0.717) is 0 Å². The zero-order valence-corrected chi connectivity index (χ0v) is 27.9. The molecule has 3 radical (unpaired) electrons. The topological polar surface area (TPSA) is 38.7 Å². The van der Waals surface area contributed by atoms with Crippen LogP contribution in [0.2, 0.25) is 0 Å². The Hall–Kier alpha value is -2.94. The van der Waals surface area contributed by atoms with E-state index in [0.717, 1.165) is 33.8 Å². The molecular formula is C33H24Ir3N3-3. The third-order valence-corrected chi connectivity index (χ3v) is 4.95. The predicted molar refractivity (Wildman–Crippen MR) is 146 cm³/mol. The second-order valence-electron chi connectivity index (χ2n) is 7.47.